The van der Waals surface area contributed by atoms with E-state index < -0.39 is 33.8 Å². The van der Waals surface area contributed by atoms with Gasteiger partial charge in [0, 0.05) is 25.1 Å². The second kappa shape index (κ2) is 8.44. The number of hydrogen-bond acceptors (Lipinski definition) is 6. The van der Waals surface area contributed by atoms with Gasteiger partial charge >= 0.3 is 12.1 Å². The molecule has 1 amide bonds. The number of esters is 1. The maximum atomic E-state index is 12.8. The van der Waals surface area contributed by atoms with Crippen molar-refractivity contribution in [2.45, 2.75) is 17.5 Å². The van der Waals surface area contributed by atoms with Gasteiger partial charge in [-0.25, -0.2) is 13.2 Å². The standard InChI is InChI=1S/C17H17F3N4O5S/c18-17(19,20)15-12(9-22-23-15)5-8-29-16(26)11-1-3-13(4-2-11)30(27,28)24-7-6-21-14(25)10-24/h1-4,9H,5-8,10H2,(H,21,25)(H,22,23). The summed E-state index contributed by atoms with van der Waals surface area (Å²) in [7, 11) is -3.90. The van der Waals surface area contributed by atoms with Crippen LogP contribution in [-0.2, 0) is 32.2 Å². The molecule has 2 N–H and O–H groups in total. The van der Waals surface area contributed by atoms with Gasteiger partial charge in [0.2, 0.25) is 15.9 Å². The van der Waals surface area contributed by atoms with Gasteiger partial charge in [-0.2, -0.15) is 22.6 Å². The van der Waals surface area contributed by atoms with Crippen LogP contribution in [0.5, 0.6) is 0 Å². The fourth-order valence-corrected chi connectivity index (χ4v) is 4.21. The fourth-order valence-electron chi connectivity index (χ4n) is 2.82. The molecule has 1 aliphatic heterocycles. The van der Waals surface area contributed by atoms with Crippen molar-refractivity contribution in [2.75, 3.05) is 26.2 Å². The van der Waals surface area contributed by atoms with E-state index in [0.29, 0.717) is 0 Å². The van der Waals surface area contributed by atoms with Gasteiger partial charge in [0.25, 0.3) is 0 Å². The summed E-state index contributed by atoms with van der Waals surface area (Å²) in [5.41, 5.74) is -1.10. The molecular weight excluding hydrogens is 429 g/mol. The molecular formula is C17H17F3N4O5S. The van der Waals surface area contributed by atoms with Crippen molar-refractivity contribution < 1.29 is 35.9 Å². The summed E-state index contributed by atoms with van der Waals surface area (Å²) in [4.78, 5) is 23.4. The zero-order valence-corrected chi connectivity index (χ0v) is 16.2. The number of benzene rings is 1. The molecule has 3 rings (SSSR count). The van der Waals surface area contributed by atoms with Crippen LogP contribution in [-0.4, -0.2) is 61.0 Å². The number of nitrogens with one attached hydrogen (secondary N) is 2. The van der Waals surface area contributed by atoms with Crippen LogP contribution >= 0.6 is 0 Å². The number of H-pyrrole nitrogens is 1. The third kappa shape index (κ3) is 4.79. The molecule has 2 aromatic rings. The van der Waals surface area contributed by atoms with Crippen molar-refractivity contribution >= 4 is 21.9 Å². The van der Waals surface area contributed by atoms with Gasteiger partial charge in [0.15, 0.2) is 0 Å². The Balaban J connectivity index is 1.60. The predicted molar refractivity (Wildman–Crippen MR) is 95.8 cm³/mol. The van der Waals surface area contributed by atoms with E-state index in [9.17, 15) is 31.2 Å². The van der Waals surface area contributed by atoms with Crippen LogP contribution in [0.15, 0.2) is 35.4 Å². The SMILES string of the molecule is O=C1CN(S(=O)(=O)c2ccc(C(=O)OCCc3cn[nH]c3C(F)(F)F)cc2)CCN1. The Hall–Kier alpha value is -2.93. The molecule has 1 aromatic heterocycles. The monoisotopic (exact) mass is 446 g/mol. The van der Waals surface area contributed by atoms with Crippen molar-refractivity contribution in [3.05, 3.63) is 47.3 Å². The van der Waals surface area contributed by atoms with E-state index in [2.05, 4.69) is 10.4 Å². The number of alkyl halides is 3. The van der Waals surface area contributed by atoms with Crippen LogP contribution in [0.3, 0.4) is 0 Å². The van der Waals surface area contributed by atoms with Crippen LogP contribution in [0.2, 0.25) is 0 Å². The Labute approximate surface area is 169 Å². The number of sulfonamides is 1. The molecule has 13 heteroatoms. The number of rotatable bonds is 6. The van der Waals surface area contributed by atoms with Crippen molar-refractivity contribution in [2.24, 2.45) is 0 Å². The van der Waals surface area contributed by atoms with Gasteiger partial charge in [-0.3, -0.25) is 9.89 Å². The van der Waals surface area contributed by atoms with Crippen LogP contribution in [0, 0.1) is 0 Å². The number of amides is 1. The first-order valence-electron chi connectivity index (χ1n) is 8.72. The normalized spacial score (nSPS) is 15.6. The highest BCUT2D eigenvalue weighted by Gasteiger charge is 2.35. The molecule has 30 heavy (non-hydrogen) atoms. The number of halogens is 3. The largest absolute Gasteiger partial charge is 0.462 e. The molecule has 0 bridgehead atoms. The Morgan fingerprint density at radius 2 is 1.93 bits per heavy atom. The fraction of sp³-hybridized carbons (Fsp3) is 0.353. The van der Waals surface area contributed by atoms with Gasteiger partial charge in [-0.1, -0.05) is 0 Å². The van der Waals surface area contributed by atoms with Crippen molar-refractivity contribution in [3.63, 3.8) is 0 Å². The lowest BCUT2D eigenvalue weighted by atomic mass is 10.2. The van der Waals surface area contributed by atoms with E-state index in [1.165, 1.54) is 24.3 Å². The summed E-state index contributed by atoms with van der Waals surface area (Å²) in [5.74, 6) is -1.22. The molecule has 1 aliphatic rings. The van der Waals surface area contributed by atoms with E-state index in [4.69, 9.17) is 4.74 Å². The third-order valence-electron chi connectivity index (χ3n) is 4.34. The zero-order valence-electron chi connectivity index (χ0n) is 15.4. The lowest BCUT2D eigenvalue weighted by Crippen LogP contribution is -2.49. The predicted octanol–water partition coefficient (Wildman–Crippen LogP) is 0.948. The molecule has 0 spiro atoms. The molecule has 1 aromatic carbocycles. The van der Waals surface area contributed by atoms with Gasteiger partial charge in [0.1, 0.15) is 5.69 Å². The number of carbonyl (C=O) groups excluding carboxylic acids is 2. The minimum Gasteiger partial charge on any atom is -0.462 e. The Kier molecular flexibility index (Phi) is 6.12. The number of aromatic nitrogens is 2. The molecule has 9 nitrogen and oxygen atoms in total. The number of carbonyl (C=O) groups is 2. The molecule has 1 fully saturated rings. The molecule has 0 atom stereocenters. The summed E-state index contributed by atoms with van der Waals surface area (Å²) in [6.45, 7) is -0.272. The molecule has 0 radical (unpaired) electrons. The summed E-state index contributed by atoms with van der Waals surface area (Å²) in [6, 6.07) is 4.88. The average molecular weight is 446 g/mol. The number of hydrogen-bond donors (Lipinski definition) is 2. The summed E-state index contributed by atoms with van der Waals surface area (Å²) < 4.78 is 69.4. The Morgan fingerprint density at radius 1 is 1.23 bits per heavy atom. The van der Waals surface area contributed by atoms with Crippen LogP contribution in [0.4, 0.5) is 13.2 Å². The van der Waals surface area contributed by atoms with E-state index in [1.54, 1.807) is 0 Å². The Bertz CT molecular complexity index is 1030. The summed E-state index contributed by atoms with van der Waals surface area (Å²) >= 11 is 0. The highest BCUT2D eigenvalue weighted by Crippen LogP contribution is 2.30. The van der Waals surface area contributed by atoms with Gasteiger partial charge in [0.05, 0.1) is 29.8 Å². The maximum absolute atomic E-state index is 12.8. The van der Waals surface area contributed by atoms with E-state index >= 15 is 0 Å². The molecule has 0 aliphatic carbocycles. The third-order valence-corrected chi connectivity index (χ3v) is 6.20. The molecule has 1 saturated heterocycles. The van der Waals surface area contributed by atoms with Crippen molar-refractivity contribution in [3.8, 4) is 0 Å². The number of aromatic amines is 1. The first-order valence-corrected chi connectivity index (χ1v) is 10.2. The molecule has 0 unspecified atom stereocenters. The van der Waals surface area contributed by atoms with E-state index in [0.717, 1.165) is 10.5 Å². The molecule has 2 heterocycles. The Morgan fingerprint density at radius 3 is 2.57 bits per heavy atom. The van der Waals surface area contributed by atoms with E-state index in [-0.39, 0.29) is 48.7 Å². The first-order chi connectivity index (χ1) is 14.1. The number of ether oxygens (including phenoxy) is 1. The average Bonchev–Trinajstić information content (AvgIpc) is 3.17. The van der Waals surface area contributed by atoms with Gasteiger partial charge in [-0.15, -0.1) is 0 Å². The highest BCUT2D eigenvalue weighted by atomic mass is 32.2. The lowest BCUT2D eigenvalue weighted by molar-refractivity contribution is -0.141. The lowest BCUT2D eigenvalue weighted by Gasteiger charge is -2.25. The number of piperazine rings is 1. The summed E-state index contributed by atoms with van der Waals surface area (Å²) in [6.07, 6.45) is -3.77. The second-order valence-electron chi connectivity index (χ2n) is 6.37. The van der Waals surface area contributed by atoms with Crippen LogP contribution in [0.1, 0.15) is 21.6 Å². The molecule has 0 saturated carbocycles. The van der Waals surface area contributed by atoms with Crippen LogP contribution < -0.4 is 5.32 Å². The smallest absolute Gasteiger partial charge is 0.433 e. The minimum absolute atomic E-state index is 0.0357. The minimum atomic E-state index is -4.59. The maximum Gasteiger partial charge on any atom is 0.433 e. The van der Waals surface area contributed by atoms with E-state index in [1.807, 2.05) is 5.10 Å². The zero-order chi connectivity index (χ0) is 21.9. The first kappa shape index (κ1) is 21.8. The summed E-state index contributed by atoms with van der Waals surface area (Å²) in [5, 5.41) is 7.74. The highest BCUT2D eigenvalue weighted by molar-refractivity contribution is 7.89. The quantitative estimate of drug-likeness (QED) is 0.638. The second-order valence-corrected chi connectivity index (χ2v) is 8.30. The van der Waals surface area contributed by atoms with Gasteiger partial charge in [-0.05, 0) is 24.3 Å². The van der Waals surface area contributed by atoms with Gasteiger partial charge < -0.3 is 10.1 Å². The van der Waals surface area contributed by atoms with Crippen LogP contribution in [0.25, 0.3) is 0 Å². The topological polar surface area (TPSA) is 121 Å². The van der Waals surface area contributed by atoms with Crippen molar-refractivity contribution in [1.29, 1.82) is 0 Å². The molecule has 162 valence electrons. The number of nitrogens with zero attached hydrogens (tertiary/aromatic N) is 2. The van der Waals surface area contributed by atoms with Crippen molar-refractivity contribution in [1.82, 2.24) is 19.8 Å².